The number of benzene rings is 1. The van der Waals surface area contributed by atoms with E-state index in [1.807, 2.05) is 6.07 Å². The summed E-state index contributed by atoms with van der Waals surface area (Å²) < 4.78 is 12.9. The van der Waals surface area contributed by atoms with Crippen molar-refractivity contribution in [2.75, 3.05) is 23.3 Å². The molecular formula is C16H21FN4. The van der Waals surface area contributed by atoms with E-state index in [0.29, 0.717) is 5.95 Å². The fraction of sp³-hybridized carbons (Fsp3) is 0.375. The molecular weight excluding hydrogens is 267 g/mol. The molecule has 0 atom stereocenters. The lowest BCUT2D eigenvalue weighted by molar-refractivity contribution is 0.628. The summed E-state index contributed by atoms with van der Waals surface area (Å²) in [6.45, 7) is 8.06. The van der Waals surface area contributed by atoms with Crippen LogP contribution in [0.3, 0.4) is 0 Å². The first-order valence-corrected chi connectivity index (χ1v) is 7.31. The average molecular weight is 288 g/mol. The van der Waals surface area contributed by atoms with E-state index in [4.69, 9.17) is 0 Å². The number of aromatic nitrogens is 2. The Labute approximate surface area is 125 Å². The van der Waals surface area contributed by atoms with Crippen LogP contribution in [0.4, 0.5) is 21.8 Å². The molecule has 2 aromatic rings. The predicted octanol–water partition coefficient (Wildman–Crippen LogP) is 3.77. The van der Waals surface area contributed by atoms with Crippen molar-refractivity contribution >= 4 is 17.5 Å². The first kappa shape index (κ1) is 15.2. The van der Waals surface area contributed by atoms with E-state index in [2.05, 4.69) is 41.0 Å². The number of hydrogen-bond donors (Lipinski definition) is 1. The molecule has 0 saturated carbocycles. The van der Waals surface area contributed by atoms with Gasteiger partial charge in [0.2, 0.25) is 5.95 Å². The largest absolute Gasteiger partial charge is 0.357 e. The van der Waals surface area contributed by atoms with E-state index in [9.17, 15) is 4.39 Å². The normalized spacial score (nSPS) is 10.5. The van der Waals surface area contributed by atoms with Gasteiger partial charge < -0.3 is 10.2 Å². The zero-order chi connectivity index (χ0) is 15.2. The molecule has 0 aliphatic rings. The first-order valence-electron chi connectivity index (χ1n) is 7.31. The van der Waals surface area contributed by atoms with Crippen LogP contribution in [0.2, 0.25) is 0 Å². The lowest BCUT2D eigenvalue weighted by atomic mass is 10.3. The second kappa shape index (κ2) is 7.02. The van der Waals surface area contributed by atoms with Gasteiger partial charge in [-0.2, -0.15) is 4.98 Å². The summed E-state index contributed by atoms with van der Waals surface area (Å²) in [6, 6.07) is 8.19. The Morgan fingerprint density at radius 1 is 1.05 bits per heavy atom. The lowest BCUT2D eigenvalue weighted by Gasteiger charge is -2.21. The third-order valence-electron chi connectivity index (χ3n) is 3.32. The van der Waals surface area contributed by atoms with Gasteiger partial charge in [0.05, 0.1) is 0 Å². The molecule has 5 heteroatoms. The maximum absolute atomic E-state index is 12.9. The van der Waals surface area contributed by atoms with Gasteiger partial charge in [-0.3, -0.25) is 0 Å². The van der Waals surface area contributed by atoms with Gasteiger partial charge in [-0.1, -0.05) is 6.92 Å². The van der Waals surface area contributed by atoms with Gasteiger partial charge in [-0.25, -0.2) is 9.37 Å². The highest BCUT2D eigenvalue weighted by Gasteiger charge is 2.09. The van der Waals surface area contributed by atoms with E-state index < -0.39 is 0 Å². The fourth-order valence-electron chi connectivity index (χ4n) is 2.09. The standard InChI is InChI=1S/C16H21FN4/c1-4-13-11-15(21(5-2)6-3)20-16(18-13)19-14-9-7-12(17)8-10-14/h7-11H,4-6H2,1-3H3,(H,18,19,20). The van der Waals surface area contributed by atoms with Crippen molar-refractivity contribution in [3.05, 3.63) is 41.8 Å². The topological polar surface area (TPSA) is 41.1 Å². The van der Waals surface area contributed by atoms with Crippen LogP contribution in [0.15, 0.2) is 30.3 Å². The zero-order valence-electron chi connectivity index (χ0n) is 12.7. The number of nitrogens with zero attached hydrogens (tertiary/aromatic N) is 3. The third-order valence-corrected chi connectivity index (χ3v) is 3.32. The Morgan fingerprint density at radius 3 is 2.29 bits per heavy atom. The predicted molar refractivity (Wildman–Crippen MR) is 84.7 cm³/mol. The Hall–Kier alpha value is -2.17. The van der Waals surface area contributed by atoms with E-state index in [1.165, 1.54) is 12.1 Å². The molecule has 1 heterocycles. The third kappa shape index (κ3) is 3.90. The average Bonchev–Trinajstić information content (AvgIpc) is 2.50. The second-order valence-corrected chi connectivity index (χ2v) is 4.70. The number of aryl methyl sites for hydroxylation is 1. The molecule has 0 bridgehead atoms. The monoisotopic (exact) mass is 288 g/mol. The molecule has 0 amide bonds. The summed E-state index contributed by atoms with van der Waals surface area (Å²) in [5, 5.41) is 3.13. The van der Waals surface area contributed by atoms with E-state index in [-0.39, 0.29) is 5.82 Å². The summed E-state index contributed by atoms with van der Waals surface area (Å²) in [5.41, 5.74) is 1.76. The van der Waals surface area contributed by atoms with Crippen molar-refractivity contribution in [3.63, 3.8) is 0 Å². The van der Waals surface area contributed by atoms with Gasteiger partial charge in [0.15, 0.2) is 0 Å². The minimum atomic E-state index is -0.257. The molecule has 0 spiro atoms. The number of halogens is 1. The zero-order valence-corrected chi connectivity index (χ0v) is 12.7. The van der Waals surface area contributed by atoms with Crippen LogP contribution >= 0.6 is 0 Å². The van der Waals surface area contributed by atoms with Gasteiger partial charge in [0, 0.05) is 30.5 Å². The maximum atomic E-state index is 12.9. The minimum absolute atomic E-state index is 0.257. The van der Waals surface area contributed by atoms with Crippen LogP contribution in [-0.2, 0) is 6.42 Å². The summed E-state index contributed by atoms with van der Waals surface area (Å²) in [5.74, 6) is 1.20. The van der Waals surface area contributed by atoms with Crippen LogP contribution in [0.5, 0.6) is 0 Å². The Balaban J connectivity index is 2.29. The summed E-state index contributed by atoms with van der Waals surface area (Å²) in [7, 11) is 0. The number of rotatable bonds is 6. The van der Waals surface area contributed by atoms with Gasteiger partial charge in [0.1, 0.15) is 11.6 Å². The van der Waals surface area contributed by atoms with Crippen LogP contribution in [0.25, 0.3) is 0 Å². The molecule has 0 radical (unpaired) electrons. The van der Waals surface area contributed by atoms with Gasteiger partial charge in [-0.15, -0.1) is 0 Å². The van der Waals surface area contributed by atoms with Crippen molar-refractivity contribution < 1.29 is 4.39 Å². The van der Waals surface area contributed by atoms with E-state index in [1.54, 1.807) is 12.1 Å². The molecule has 0 fully saturated rings. The SMILES string of the molecule is CCc1cc(N(CC)CC)nc(Nc2ccc(F)cc2)n1. The van der Waals surface area contributed by atoms with E-state index >= 15 is 0 Å². The quantitative estimate of drug-likeness (QED) is 0.878. The molecule has 1 aromatic carbocycles. The smallest absolute Gasteiger partial charge is 0.229 e. The second-order valence-electron chi connectivity index (χ2n) is 4.70. The molecule has 0 saturated heterocycles. The molecule has 2 rings (SSSR count). The van der Waals surface area contributed by atoms with Crippen molar-refractivity contribution in [1.82, 2.24) is 9.97 Å². The van der Waals surface area contributed by atoms with Crippen molar-refractivity contribution in [1.29, 1.82) is 0 Å². The molecule has 0 aliphatic heterocycles. The highest BCUT2D eigenvalue weighted by molar-refractivity contribution is 5.55. The molecule has 21 heavy (non-hydrogen) atoms. The van der Waals surface area contributed by atoms with Gasteiger partial charge in [-0.05, 0) is 44.5 Å². The van der Waals surface area contributed by atoms with Crippen LogP contribution in [0, 0.1) is 5.82 Å². The van der Waals surface area contributed by atoms with Crippen LogP contribution in [0.1, 0.15) is 26.5 Å². The fourth-order valence-corrected chi connectivity index (χ4v) is 2.09. The Kier molecular flexibility index (Phi) is 5.09. The highest BCUT2D eigenvalue weighted by Crippen LogP contribution is 2.19. The lowest BCUT2D eigenvalue weighted by Crippen LogP contribution is -2.23. The van der Waals surface area contributed by atoms with Crippen molar-refractivity contribution in [2.45, 2.75) is 27.2 Å². The van der Waals surface area contributed by atoms with Gasteiger partial charge in [0.25, 0.3) is 0 Å². The first-order chi connectivity index (χ1) is 10.2. The van der Waals surface area contributed by atoms with Crippen molar-refractivity contribution in [2.24, 2.45) is 0 Å². The maximum Gasteiger partial charge on any atom is 0.229 e. The summed E-state index contributed by atoms with van der Waals surface area (Å²) >= 11 is 0. The number of anilines is 3. The molecule has 1 N–H and O–H groups in total. The molecule has 0 unspecified atom stereocenters. The molecule has 0 aliphatic carbocycles. The van der Waals surface area contributed by atoms with Gasteiger partial charge >= 0.3 is 0 Å². The molecule has 4 nitrogen and oxygen atoms in total. The van der Waals surface area contributed by atoms with Crippen LogP contribution < -0.4 is 10.2 Å². The summed E-state index contributed by atoms with van der Waals surface area (Å²) in [4.78, 5) is 11.2. The Morgan fingerprint density at radius 2 is 1.71 bits per heavy atom. The highest BCUT2D eigenvalue weighted by atomic mass is 19.1. The van der Waals surface area contributed by atoms with Crippen molar-refractivity contribution in [3.8, 4) is 0 Å². The molecule has 112 valence electrons. The Bertz CT molecular complexity index is 579. The number of hydrogen-bond acceptors (Lipinski definition) is 4. The van der Waals surface area contributed by atoms with E-state index in [0.717, 1.165) is 36.7 Å². The summed E-state index contributed by atoms with van der Waals surface area (Å²) in [6.07, 6.45) is 0.842. The van der Waals surface area contributed by atoms with Crippen LogP contribution in [-0.4, -0.2) is 23.1 Å². The molecule has 1 aromatic heterocycles. The number of nitrogens with one attached hydrogen (secondary N) is 1. The minimum Gasteiger partial charge on any atom is -0.357 e.